The van der Waals surface area contributed by atoms with E-state index in [2.05, 4.69) is 11.5 Å². The van der Waals surface area contributed by atoms with E-state index < -0.39 is 5.82 Å². The Morgan fingerprint density at radius 3 is 2.89 bits per heavy atom. The molecule has 3 rings (SSSR count). The first kappa shape index (κ1) is 19.5. The molecule has 0 spiro atoms. The van der Waals surface area contributed by atoms with Crippen LogP contribution < -0.4 is 4.74 Å². The number of nitrogens with zero attached hydrogens (tertiary/aromatic N) is 2. The fourth-order valence-corrected chi connectivity index (χ4v) is 3.23. The lowest BCUT2D eigenvalue weighted by Gasteiger charge is -2.20. The number of halogens is 2. The molecule has 144 valence electrons. The number of hydrogen-bond acceptors (Lipinski definition) is 4. The number of furan rings is 1. The molecule has 1 fully saturated rings. The van der Waals surface area contributed by atoms with Crippen LogP contribution in [0.1, 0.15) is 22.7 Å². The largest absolute Gasteiger partial charge is 0.484 e. The Morgan fingerprint density at radius 1 is 1.26 bits per heavy atom. The minimum Gasteiger partial charge on any atom is -0.484 e. The summed E-state index contributed by atoms with van der Waals surface area (Å²) in [5.74, 6) is 0.596. The van der Waals surface area contributed by atoms with Gasteiger partial charge >= 0.3 is 0 Å². The average Bonchev–Trinajstić information content (AvgIpc) is 3.00. The molecule has 2 aromatic rings. The van der Waals surface area contributed by atoms with Crippen molar-refractivity contribution in [1.29, 1.82) is 0 Å². The summed E-state index contributed by atoms with van der Waals surface area (Å²) in [4.78, 5) is 16.8. The Labute approximate surface area is 163 Å². The Kier molecular flexibility index (Phi) is 6.53. The van der Waals surface area contributed by atoms with Crippen LogP contribution in [-0.2, 0) is 6.61 Å². The predicted octanol–water partition coefficient (Wildman–Crippen LogP) is 3.99. The lowest BCUT2D eigenvalue weighted by molar-refractivity contribution is 0.0726. The zero-order valence-corrected chi connectivity index (χ0v) is 15.8. The smallest absolute Gasteiger partial charge is 0.289 e. The van der Waals surface area contributed by atoms with Gasteiger partial charge in [0.05, 0.1) is 5.02 Å². The van der Waals surface area contributed by atoms with Gasteiger partial charge in [-0.3, -0.25) is 9.69 Å². The highest BCUT2D eigenvalue weighted by molar-refractivity contribution is 6.32. The van der Waals surface area contributed by atoms with Crippen molar-refractivity contribution in [3.05, 3.63) is 65.3 Å². The van der Waals surface area contributed by atoms with E-state index in [-0.39, 0.29) is 23.3 Å². The van der Waals surface area contributed by atoms with Crippen LogP contribution in [0.4, 0.5) is 4.39 Å². The standard InChI is InChI=1S/C20H22ClFN2O3/c1-2-8-23-9-3-10-24(12-11-23)20(25)19-7-5-16(27-19)14-26-18-6-4-15(22)13-17(18)21/h2,4-7,13H,1,3,8-12,14H2. The first-order valence-electron chi connectivity index (χ1n) is 8.86. The van der Waals surface area contributed by atoms with Gasteiger partial charge < -0.3 is 14.1 Å². The maximum atomic E-state index is 13.1. The van der Waals surface area contributed by atoms with Crippen molar-refractivity contribution in [2.45, 2.75) is 13.0 Å². The number of carbonyl (C=O) groups excluding carboxylic acids is 1. The molecule has 1 saturated heterocycles. The number of benzene rings is 1. The molecule has 0 aliphatic carbocycles. The van der Waals surface area contributed by atoms with Gasteiger partial charge in [0.15, 0.2) is 5.76 Å². The SMILES string of the molecule is C=CCN1CCCN(C(=O)c2ccc(COc3ccc(F)cc3Cl)o2)CC1. The Morgan fingerprint density at radius 2 is 2.11 bits per heavy atom. The molecule has 0 atom stereocenters. The number of rotatable bonds is 6. The zero-order valence-electron chi connectivity index (χ0n) is 15.0. The topological polar surface area (TPSA) is 45.9 Å². The summed E-state index contributed by atoms with van der Waals surface area (Å²) in [7, 11) is 0. The van der Waals surface area contributed by atoms with Crippen LogP contribution in [-0.4, -0.2) is 48.4 Å². The molecule has 0 bridgehead atoms. The lowest BCUT2D eigenvalue weighted by atomic mass is 10.3. The van der Waals surface area contributed by atoms with E-state index in [0.29, 0.717) is 24.6 Å². The summed E-state index contributed by atoms with van der Waals surface area (Å²) in [6, 6.07) is 7.27. The fourth-order valence-electron chi connectivity index (χ4n) is 3.01. The highest BCUT2D eigenvalue weighted by Gasteiger charge is 2.22. The van der Waals surface area contributed by atoms with E-state index >= 15 is 0 Å². The minimum atomic E-state index is -0.428. The third kappa shape index (κ3) is 5.11. The van der Waals surface area contributed by atoms with Gasteiger partial charge in [-0.15, -0.1) is 6.58 Å². The van der Waals surface area contributed by atoms with Crippen LogP contribution >= 0.6 is 11.6 Å². The van der Waals surface area contributed by atoms with E-state index in [1.165, 1.54) is 18.2 Å². The fraction of sp³-hybridized carbons (Fsp3) is 0.350. The lowest BCUT2D eigenvalue weighted by Crippen LogP contribution is -2.35. The summed E-state index contributed by atoms with van der Waals surface area (Å²) < 4.78 is 24.2. The molecule has 7 heteroatoms. The van der Waals surface area contributed by atoms with Crippen LogP contribution in [0.5, 0.6) is 5.75 Å². The Bertz CT molecular complexity index is 808. The van der Waals surface area contributed by atoms with Crippen LogP contribution in [0.2, 0.25) is 5.02 Å². The second-order valence-corrected chi connectivity index (χ2v) is 6.77. The first-order chi connectivity index (χ1) is 13.1. The van der Waals surface area contributed by atoms with Gasteiger partial charge in [0.2, 0.25) is 0 Å². The molecule has 0 N–H and O–H groups in total. The summed E-state index contributed by atoms with van der Waals surface area (Å²) in [5.41, 5.74) is 0. The molecule has 1 aromatic heterocycles. The van der Waals surface area contributed by atoms with Crippen molar-refractivity contribution in [2.75, 3.05) is 32.7 Å². The van der Waals surface area contributed by atoms with Gasteiger partial charge in [0.25, 0.3) is 5.91 Å². The summed E-state index contributed by atoms with van der Waals surface area (Å²) in [5, 5.41) is 0.187. The number of ether oxygens (including phenoxy) is 1. The first-order valence-corrected chi connectivity index (χ1v) is 9.23. The Hall–Kier alpha value is -2.31. The van der Waals surface area contributed by atoms with E-state index in [1.807, 2.05) is 11.0 Å². The molecule has 0 unspecified atom stereocenters. The third-order valence-corrected chi connectivity index (χ3v) is 4.69. The maximum absolute atomic E-state index is 13.1. The normalized spacial score (nSPS) is 15.4. The quantitative estimate of drug-likeness (QED) is 0.697. The monoisotopic (exact) mass is 392 g/mol. The van der Waals surface area contributed by atoms with Gasteiger partial charge in [0, 0.05) is 32.7 Å². The third-order valence-electron chi connectivity index (χ3n) is 4.40. The molecule has 2 heterocycles. The van der Waals surface area contributed by atoms with Crippen LogP contribution in [0, 0.1) is 5.82 Å². The summed E-state index contributed by atoms with van der Waals surface area (Å²) in [6.45, 7) is 7.82. The molecule has 1 amide bonds. The van der Waals surface area contributed by atoms with Crippen molar-refractivity contribution >= 4 is 17.5 Å². The molecule has 0 radical (unpaired) electrons. The highest BCUT2D eigenvalue weighted by Crippen LogP contribution is 2.26. The van der Waals surface area contributed by atoms with Crippen LogP contribution in [0.25, 0.3) is 0 Å². The van der Waals surface area contributed by atoms with Gasteiger partial charge in [-0.1, -0.05) is 17.7 Å². The highest BCUT2D eigenvalue weighted by atomic mass is 35.5. The van der Waals surface area contributed by atoms with E-state index in [1.54, 1.807) is 12.1 Å². The van der Waals surface area contributed by atoms with Gasteiger partial charge in [-0.2, -0.15) is 0 Å². The average molecular weight is 393 g/mol. The van der Waals surface area contributed by atoms with Crippen molar-refractivity contribution in [3.63, 3.8) is 0 Å². The summed E-state index contributed by atoms with van der Waals surface area (Å²) in [6.07, 6.45) is 2.79. The number of amides is 1. The second kappa shape index (κ2) is 9.06. The molecular formula is C20H22ClFN2O3. The molecule has 1 aromatic carbocycles. The second-order valence-electron chi connectivity index (χ2n) is 6.36. The predicted molar refractivity (Wildman–Crippen MR) is 102 cm³/mol. The van der Waals surface area contributed by atoms with Crippen molar-refractivity contribution in [1.82, 2.24) is 9.80 Å². The number of hydrogen-bond donors (Lipinski definition) is 0. The minimum absolute atomic E-state index is 0.103. The van der Waals surface area contributed by atoms with Crippen molar-refractivity contribution in [2.24, 2.45) is 0 Å². The van der Waals surface area contributed by atoms with Crippen LogP contribution in [0.15, 0.2) is 47.4 Å². The molecule has 5 nitrogen and oxygen atoms in total. The Balaban J connectivity index is 1.58. The van der Waals surface area contributed by atoms with E-state index in [0.717, 1.165) is 26.1 Å². The van der Waals surface area contributed by atoms with Gasteiger partial charge in [-0.25, -0.2) is 4.39 Å². The van der Waals surface area contributed by atoms with E-state index in [4.69, 9.17) is 20.8 Å². The van der Waals surface area contributed by atoms with E-state index in [9.17, 15) is 9.18 Å². The molecule has 1 aliphatic heterocycles. The molecular weight excluding hydrogens is 371 g/mol. The number of carbonyl (C=O) groups is 1. The van der Waals surface area contributed by atoms with Crippen molar-refractivity contribution in [3.8, 4) is 5.75 Å². The molecule has 27 heavy (non-hydrogen) atoms. The molecule has 1 aliphatic rings. The molecule has 0 saturated carbocycles. The van der Waals surface area contributed by atoms with Crippen molar-refractivity contribution < 1.29 is 18.3 Å². The summed E-state index contributed by atoms with van der Waals surface area (Å²) >= 11 is 5.94. The zero-order chi connectivity index (χ0) is 19.2. The van der Waals surface area contributed by atoms with Crippen LogP contribution in [0.3, 0.4) is 0 Å². The van der Waals surface area contributed by atoms with Gasteiger partial charge in [-0.05, 0) is 36.8 Å². The maximum Gasteiger partial charge on any atom is 0.289 e. The van der Waals surface area contributed by atoms with Gasteiger partial charge in [0.1, 0.15) is 23.9 Å².